The van der Waals surface area contributed by atoms with E-state index in [9.17, 15) is 4.79 Å². The molecule has 0 bridgehead atoms. The van der Waals surface area contributed by atoms with Crippen molar-refractivity contribution >= 4 is 12.0 Å². The zero-order valence-electron chi connectivity index (χ0n) is 15.8. The minimum absolute atomic E-state index is 0.0423. The van der Waals surface area contributed by atoms with Gasteiger partial charge in [0.05, 0.1) is 25.3 Å². The number of primary amides is 1. The Balaban J connectivity index is 1.73. The third kappa shape index (κ3) is 3.26. The number of rotatable bonds is 5. The zero-order chi connectivity index (χ0) is 19.7. The quantitative estimate of drug-likeness (QED) is 0.692. The van der Waals surface area contributed by atoms with Gasteiger partial charge in [0, 0.05) is 17.7 Å². The fourth-order valence-corrected chi connectivity index (χ4v) is 3.69. The van der Waals surface area contributed by atoms with E-state index in [4.69, 9.17) is 10.5 Å². The molecule has 0 saturated carbocycles. The largest absolute Gasteiger partial charge is 0.479 e. The predicted molar refractivity (Wildman–Crippen MR) is 105 cm³/mol. The number of nitrogens with zero attached hydrogens (tertiary/aromatic N) is 4. The topological polar surface area (TPSA) is 95.9 Å². The second-order valence-corrected chi connectivity index (χ2v) is 6.80. The van der Waals surface area contributed by atoms with E-state index in [0.717, 1.165) is 24.1 Å². The molecule has 1 atom stereocenters. The van der Waals surface area contributed by atoms with Crippen molar-refractivity contribution in [1.82, 2.24) is 19.5 Å². The highest BCUT2D eigenvalue weighted by Gasteiger charge is 2.28. The molecule has 4 rings (SSSR count). The van der Waals surface area contributed by atoms with Gasteiger partial charge >= 0.3 is 0 Å². The molecule has 2 aromatic heterocycles. The lowest BCUT2D eigenvalue weighted by atomic mass is 9.92. The van der Waals surface area contributed by atoms with Crippen LogP contribution in [-0.4, -0.2) is 32.5 Å². The Labute approximate surface area is 162 Å². The van der Waals surface area contributed by atoms with E-state index in [1.54, 1.807) is 30.3 Å². The lowest BCUT2D eigenvalue weighted by Crippen LogP contribution is -2.19. The van der Waals surface area contributed by atoms with Crippen molar-refractivity contribution < 1.29 is 9.53 Å². The molecule has 1 aliphatic carbocycles. The van der Waals surface area contributed by atoms with Crippen LogP contribution in [0.3, 0.4) is 0 Å². The summed E-state index contributed by atoms with van der Waals surface area (Å²) in [6, 6.07) is 8.14. The second-order valence-electron chi connectivity index (χ2n) is 6.80. The molecule has 0 spiro atoms. The molecule has 1 aromatic carbocycles. The highest BCUT2D eigenvalue weighted by Crippen LogP contribution is 2.38. The number of amides is 1. The van der Waals surface area contributed by atoms with E-state index in [2.05, 4.69) is 27.1 Å². The van der Waals surface area contributed by atoms with Gasteiger partial charge in [0.2, 0.25) is 11.8 Å². The van der Waals surface area contributed by atoms with Gasteiger partial charge in [-0.2, -0.15) is 4.98 Å². The van der Waals surface area contributed by atoms with Crippen molar-refractivity contribution in [3.8, 4) is 11.6 Å². The Kier molecular flexibility index (Phi) is 4.65. The summed E-state index contributed by atoms with van der Waals surface area (Å²) in [6.07, 6.45) is 8.63. The van der Waals surface area contributed by atoms with Gasteiger partial charge in [-0.25, -0.2) is 9.97 Å². The maximum atomic E-state index is 12.2. The van der Waals surface area contributed by atoms with Crippen LogP contribution in [0.25, 0.3) is 11.8 Å². The maximum Gasteiger partial charge on any atom is 0.245 e. The van der Waals surface area contributed by atoms with Gasteiger partial charge in [-0.15, -0.1) is 0 Å². The Morgan fingerprint density at radius 1 is 1.32 bits per heavy atom. The minimum Gasteiger partial charge on any atom is -0.479 e. The molecular formula is C21H21N5O2. The second kappa shape index (κ2) is 7.26. The van der Waals surface area contributed by atoms with E-state index in [0.29, 0.717) is 23.0 Å². The fourth-order valence-electron chi connectivity index (χ4n) is 3.69. The molecule has 0 aliphatic heterocycles. The average molecular weight is 375 g/mol. The normalized spacial score (nSPS) is 16.1. The molecule has 1 aliphatic rings. The van der Waals surface area contributed by atoms with Crippen LogP contribution in [0, 0.1) is 6.92 Å². The molecule has 0 fully saturated rings. The number of hydrogen-bond acceptors (Lipinski definition) is 5. The summed E-state index contributed by atoms with van der Waals surface area (Å²) in [5.41, 5.74) is 10.2. The fraction of sp³-hybridized carbons (Fsp3) is 0.238. The molecule has 142 valence electrons. The lowest BCUT2D eigenvalue weighted by molar-refractivity contribution is -0.114. The van der Waals surface area contributed by atoms with Gasteiger partial charge in [-0.05, 0) is 37.0 Å². The third-order valence-electron chi connectivity index (χ3n) is 5.01. The van der Waals surface area contributed by atoms with Crippen molar-refractivity contribution in [2.45, 2.75) is 25.7 Å². The van der Waals surface area contributed by atoms with Crippen molar-refractivity contribution in [2.75, 3.05) is 7.11 Å². The number of nitrogens with two attached hydrogens (primary N) is 1. The van der Waals surface area contributed by atoms with Crippen LogP contribution < -0.4 is 10.5 Å². The van der Waals surface area contributed by atoms with Crippen molar-refractivity contribution in [1.29, 1.82) is 0 Å². The van der Waals surface area contributed by atoms with Gasteiger partial charge < -0.3 is 10.5 Å². The molecular weight excluding hydrogens is 354 g/mol. The molecule has 7 nitrogen and oxygen atoms in total. The number of fused-ring (bicyclic) bond motifs is 1. The predicted octanol–water partition coefficient (Wildman–Crippen LogP) is 2.58. The SMILES string of the molecule is COc1nc(C=C(C(N)=O)[C@H]2CCc3ccccc32)ncc1-n1cnc(C)c1. The molecule has 3 aromatic rings. The number of aromatic nitrogens is 4. The lowest BCUT2D eigenvalue weighted by Gasteiger charge is -2.14. The number of carbonyl (C=O) groups excluding carboxylic acids is 1. The summed E-state index contributed by atoms with van der Waals surface area (Å²) >= 11 is 0. The highest BCUT2D eigenvalue weighted by atomic mass is 16.5. The first kappa shape index (κ1) is 17.9. The van der Waals surface area contributed by atoms with Crippen LogP contribution >= 0.6 is 0 Å². The first-order valence-electron chi connectivity index (χ1n) is 9.08. The van der Waals surface area contributed by atoms with Gasteiger partial charge in [0.25, 0.3) is 0 Å². The molecule has 7 heteroatoms. The van der Waals surface area contributed by atoms with Crippen LogP contribution in [-0.2, 0) is 11.2 Å². The van der Waals surface area contributed by atoms with Gasteiger partial charge in [0.15, 0.2) is 5.82 Å². The van der Waals surface area contributed by atoms with E-state index < -0.39 is 5.91 Å². The van der Waals surface area contributed by atoms with Crippen LogP contribution in [0.5, 0.6) is 5.88 Å². The molecule has 0 saturated heterocycles. The van der Waals surface area contributed by atoms with E-state index in [1.807, 2.05) is 25.3 Å². The number of benzene rings is 1. The van der Waals surface area contributed by atoms with Gasteiger partial charge in [-0.1, -0.05) is 24.3 Å². The Hall–Kier alpha value is -3.48. The van der Waals surface area contributed by atoms with Crippen LogP contribution in [0.2, 0.25) is 0 Å². The third-order valence-corrected chi connectivity index (χ3v) is 5.01. The molecule has 1 amide bonds. The summed E-state index contributed by atoms with van der Waals surface area (Å²) in [7, 11) is 1.55. The number of ether oxygens (including phenoxy) is 1. The zero-order valence-corrected chi connectivity index (χ0v) is 15.8. The van der Waals surface area contributed by atoms with Gasteiger partial charge in [-0.3, -0.25) is 9.36 Å². The molecule has 2 N–H and O–H groups in total. The van der Waals surface area contributed by atoms with Crippen molar-refractivity contribution in [3.05, 3.63) is 71.2 Å². The summed E-state index contributed by atoms with van der Waals surface area (Å²) in [4.78, 5) is 25.3. The van der Waals surface area contributed by atoms with Crippen LogP contribution in [0.4, 0.5) is 0 Å². The van der Waals surface area contributed by atoms with E-state index >= 15 is 0 Å². The molecule has 0 radical (unpaired) electrons. The molecule has 28 heavy (non-hydrogen) atoms. The first-order valence-corrected chi connectivity index (χ1v) is 9.08. The maximum absolute atomic E-state index is 12.2. The number of methoxy groups -OCH3 is 1. The summed E-state index contributed by atoms with van der Waals surface area (Å²) in [5.74, 6) is 0.280. The monoisotopic (exact) mass is 375 g/mol. The van der Waals surface area contributed by atoms with Crippen LogP contribution in [0.1, 0.15) is 35.0 Å². The van der Waals surface area contributed by atoms with Gasteiger partial charge in [0.1, 0.15) is 5.69 Å². The molecule has 0 unspecified atom stereocenters. The van der Waals surface area contributed by atoms with Crippen molar-refractivity contribution in [2.24, 2.45) is 5.73 Å². The summed E-state index contributed by atoms with van der Waals surface area (Å²) in [5, 5.41) is 0. The first-order chi connectivity index (χ1) is 13.6. The van der Waals surface area contributed by atoms with E-state index in [-0.39, 0.29) is 5.92 Å². The Bertz CT molecular complexity index is 1070. The number of imidazole rings is 1. The number of carbonyl (C=O) groups is 1. The standard InChI is InChI=1S/C21H21N5O2/c1-13-11-26(12-24-13)18-10-23-19(25-21(18)28-2)9-17(20(22)27)16-8-7-14-5-3-4-6-15(14)16/h3-6,9-12,16H,7-8H2,1-2H3,(H2,22,27)/t16-/m0/s1. The van der Waals surface area contributed by atoms with Crippen molar-refractivity contribution in [3.63, 3.8) is 0 Å². The van der Waals surface area contributed by atoms with E-state index in [1.165, 1.54) is 5.56 Å². The average Bonchev–Trinajstić information content (AvgIpc) is 3.32. The Morgan fingerprint density at radius 3 is 2.86 bits per heavy atom. The minimum atomic E-state index is -0.460. The molecule has 2 heterocycles. The summed E-state index contributed by atoms with van der Waals surface area (Å²) < 4.78 is 7.22. The van der Waals surface area contributed by atoms with Crippen LogP contribution in [0.15, 0.2) is 48.6 Å². The number of hydrogen-bond donors (Lipinski definition) is 1. The highest BCUT2D eigenvalue weighted by molar-refractivity contribution is 5.98. The summed E-state index contributed by atoms with van der Waals surface area (Å²) in [6.45, 7) is 1.90. The Morgan fingerprint density at radius 2 is 2.14 bits per heavy atom. The number of aryl methyl sites for hydroxylation is 2. The smallest absolute Gasteiger partial charge is 0.245 e.